The van der Waals surface area contributed by atoms with Gasteiger partial charge in [-0.15, -0.1) is 0 Å². The molecule has 1 aliphatic heterocycles. The monoisotopic (exact) mass is 328 g/mol. The van der Waals surface area contributed by atoms with Crippen molar-refractivity contribution in [3.05, 3.63) is 34.6 Å². The van der Waals surface area contributed by atoms with E-state index in [-0.39, 0.29) is 11.7 Å². The van der Waals surface area contributed by atoms with E-state index in [1.54, 1.807) is 13.1 Å². The molecule has 1 fully saturated rings. The highest BCUT2D eigenvalue weighted by Gasteiger charge is 2.33. The first kappa shape index (κ1) is 17.2. The molecule has 22 heavy (non-hydrogen) atoms. The molecule has 1 aromatic rings. The molecule has 2 N–H and O–H groups in total. The van der Waals surface area contributed by atoms with Crippen LogP contribution in [0.2, 0.25) is 5.02 Å². The second-order valence-corrected chi connectivity index (χ2v) is 6.35. The molecule has 1 heterocycles. The minimum atomic E-state index is -0.850. The van der Waals surface area contributed by atoms with E-state index in [2.05, 4.69) is 10.2 Å². The molecule has 122 valence electrons. The molecular weight excluding hydrogens is 307 g/mol. The van der Waals surface area contributed by atoms with Crippen molar-refractivity contribution in [2.24, 2.45) is 0 Å². The average Bonchev–Trinajstić information content (AvgIpc) is 2.48. The summed E-state index contributed by atoms with van der Waals surface area (Å²) in [5.41, 5.74) is -0.00399. The zero-order chi connectivity index (χ0) is 16.2. The van der Waals surface area contributed by atoms with E-state index in [9.17, 15) is 14.3 Å². The molecule has 1 aromatic carbocycles. The number of halogens is 2. The van der Waals surface area contributed by atoms with Crippen LogP contribution in [0.4, 0.5) is 4.39 Å². The molecule has 0 spiro atoms. The van der Waals surface area contributed by atoms with Crippen molar-refractivity contribution >= 4 is 17.5 Å². The van der Waals surface area contributed by atoms with E-state index < -0.39 is 5.60 Å². The summed E-state index contributed by atoms with van der Waals surface area (Å²) < 4.78 is 13.1. The lowest BCUT2D eigenvalue weighted by atomic mass is 9.88. The number of rotatable bonds is 5. The lowest BCUT2D eigenvalue weighted by Gasteiger charge is -2.39. The van der Waals surface area contributed by atoms with Crippen LogP contribution in [0.25, 0.3) is 0 Å². The summed E-state index contributed by atoms with van der Waals surface area (Å²) in [6, 6.07) is 4.37. The van der Waals surface area contributed by atoms with Crippen molar-refractivity contribution in [1.82, 2.24) is 10.2 Å². The summed E-state index contributed by atoms with van der Waals surface area (Å²) in [5, 5.41) is 13.6. The minimum Gasteiger partial charge on any atom is -0.389 e. The number of benzene rings is 1. The number of piperidine rings is 1. The van der Waals surface area contributed by atoms with E-state index >= 15 is 0 Å². The standard InChI is InChI=1S/C16H22ClFN2O2/c1-19-15(21)5-7-16(22)6-2-8-20(11-16)10-12-3-4-13(18)9-14(12)17/h3-4,9,22H,2,5-8,10-11H2,1H3,(H,19,21). The first-order chi connectivity index (χ1) is 10.4. The Balaban J connectivity index is 1.96. The van der Waals surface area contributed by atoms with Gasteiger partial charge in [0.25, 0.3) is 0 Å². The molecule has 0 radical (unpaired) electrons. The Bertz CT molecular complexity index is 541. The molecule has 2 rings (SSSR count). The zero-order valence-corrected chi connectivity index (χ0v) is 13.5. The van der Waals surface area contributed by atoms with Gasteiger partial charge in [-0.05, 0) is 43.5 Å². The number of carbonyl (C=O) groups excluding carboxylic acids is 1. The van der Waals surface area contributed by atoms with Gasteiger partial charge in [0, 0.05) is 31.6 Å². The van der Waals surface area contributed by atoms with Crippen LogP contribution in [-0.2, 0) is 11.3 Å². The van der Waals surface area contributed by atoms with Crippen molar-refractivity contribution in [2.45, 2.75) is 37.8 Å². The molecule has 0 aliphatic carbocycles. The van der Waals surface area contributed by atoms with Crippen LogP contribution < -0.4 is 5.32 Å². The number of likely N-dealkylation sites (tertiary alicyclic amines) is 1. The molecule has 1 aliphatic rings. The summed E-state index contributed by atoms with van der Waals surface area (Å²) in [5.74, 6) is -0.415. The Kier molecular flexibility index (Phi) is 5.78. The summed E-state index contributed by atoms with van der Waals surface area (Å²) >= 11 is 6.06. The van der Waals surface area contributed by atoms with Crippen LogP contribution in [0, 0.1) is 5.82 Å². The highest BCUT2D eigenvalue weighted by atomic mass is 35.5. The van der Waals surface area contributed by atoms with E-state index in [0.29, 0.717) is 37.4 Å². The van der Waals surface area contributed by atoms with Crippen molar-refractivity contribution in [3.8, 4) is 0 Å². The third-order valence-corrected chi connectivity index (χ3v) is 4.49. The first-order valence-electron chi connectivity index (χ1n) is 7.51. The maximum absolute atomic E-state index is 13.1. The van der Waals surface area contributed by atoms with Crippen LogP contribution in [0.1, 0.15) is 31.2 Å². The topological polar surface area (TPSA) is 52.6 Å². The number of carbonyl (C=O) groups is 1. The molecule has 1 amide bonds. The second kappa shape index (κ2) is 7.40. The number of β-amino-alcohol motifs (C(OH)–C–C–N with tert-alkyl or cyclic N) is 1. The van der Waals surface area contributed by atoms with Gasteiger partial charge >= 0.3 is 0 Å². The fourth-order valence-electron chi connectivity index (χ4n) is 2.91. The van der Waals surface area contributed by atoms with Gasteiger partial charge < -0.3 is 10.4 Å². The average molecular weight is 329 g/mol. The van der Waals surface area contributed by atoms with E-state index in [4.69, 9.17) is 11.6 Å². The van der Waals surface area contributed by atoms with E-state index in [1.165, 1.54) is 12.1 Å². The highest BCUT2D eigenvalue weighted by Crippen LogP contribution is 2.28. The number of amides is 1. The third kappa shape index (κ3) is 4.66. The van der Waals surface area contributed by atoms with Gasteiger partial charge in [-0.1, -0.05) is 17.7 Å². The third-order valence-electron chi connectivity index (χ3n) is 4.14. The van der Waals surface area contributed by atoms with Crippen molar-refractivity contribution < 1.29 is 14.3 Å². The predicted octanol–water partition coefficient (Wildman–Crippen LogP) is 2.33. The van der Waals surface area contributed by atoms with Gasteiger partial charge in [0.15, 0.2) is 0 Å². The maximum atomic E-state index is 13.1. The number of aliphatic hydroxyl groups is 1. The molecular formula is C16H22ClFN2O2. The smallest absolute Gasteiger partial charge is 0.219 e. The number of hydrogen-bond donors (Lipinski definition) is 2. The van der Waals surface area contributed by atoms with E-state index in [1.807, 2.05) is 0 Å². The normalized spacial score (nSPS) is 22.5. The highest BCUT2D eigenvalue weighted by molar-refractivity contribution is 6.31. The van der Waals surface area contributed by atoms with Gasteiger partial charge in [0.05, 0.1) is 5.60 Å². The lowest BCUT2D eigenvalue weighted by molar-refractivity contribution is -0.122. The molecule has 0 saturated carbocycles. The Hall–Kier alpha value is -1.17. The largest absolute Gasteiger partial charge is 0.389 e. The molecule has 4 nitrogen and oxygen atoms in total. The van der Waals surface area contributed by atoms with Crippen LogP contribution in [0.15, 0.2) is 18.2 Å². The van der Waals surface area contributed by atoms with Crippen LogP contribution in [0.5, 0.6) is 0 Å². The summed E-state index contributed by atoms with van der Waals surface area (Å²) in [6.07, 6.45) is 2.32. The van der Waals surface area contributed by atoms with Gasteiger partial charge in [-0.2, -0.15) is 0 Å². The zero-order valence-electron chi connectivity index (χ0n) is 12.7. The van der Waals surface area contributed by atoms with Gasteiger partial charge in [0.1, 0.15) is 5.82 Å². The van der Waals surface area contributed by atoms with Crippen molar-refractivity contribution in [1.29, 1.82) is 0 Å². The summed E-state index contributed by atoms with van der Waals surface area (Å²) in [6.45, 7) is 1.93. The van der Waals surface area contributed by atoms with Crippen LogP contribution in [-0.4, -0.2) is 41.7 Å². The fourth-order valence-corrected chi connectivity index (χ4v) is 3.13. The number of hydrogen-bond acceptors (Lipinski definition) is 3. The second-order valence-electron chi connectivity index (χ2n) is 5.95. The molecule has 6 heteroatoms. The molecule has 0 aromatic heterocycles. The Labute approximate surface area is 135 Å². The van der Waals surface area contributed by atoms with E-state index in [0.717, 1.165) is 18.5 Å². The minimum absolute atomic E-state index is 0.0628. The molecule has 0 bridgehead atoms. The quantitative estimate of drug-likeness (QED) is 0.872. The number of nitrogens with zero attached hydrogens (tertiary/aromatic N) is 1. The van der Waals surface area contributed by atoms with Gasteiger partial charge in [-0.3, -0.25) is 9.69 Å². The maximum Gasteiger partial charge on any atom is 0.219 e. The SMILES string of the molecule is CNC(=O)CCC1(O)CCCN(Cc2ccc(F)cc2Cl)C1. The fraction of sp³-hybridized carbons (Fsp3) is 0.562. The predicted molar refractivity (Wildman–Crippen MR) is 84.2 cm³/mol. The molecule has 1 atom stereocenters. The van der Waals surface area contributed by atoms with Crippen molar-refractivity contribution in [2.75, 3.05) is 20.1 Å². The Morgan fingerprint density at radius 2 is 2.32 bits per heavy atom. The lowest BCUT2D eigenvalue weighted by Crippen LogP contribution is -2.48. The Morgan fingerprint density at radius 3 is 3.00 bits per heavy atom. The summed E-state index contributed by atoms with van der Waals surface area (Å²) in [7, 11) is 1.59. The molecule has 1 saturated heterocycles. The van der Waals surface area contributed by atoms with Crippen LogP contribution >= 0.6 is 11.6 Å². The van der Waals surface area contributed by atoms with Crippen molar-refractivity contribution in [3.63, 3.8) is 0 Å². The molecule has 1 unspecified atom stereocenters. The van der Waals surface area contributed by atoms with Gasteiger partial charge in [-0.25, -0.2) is 4.39 Å². The van der Waals surface area contributed by atoms with Gasteiger partial charge in [0.2, 0.25) is 5.91 Å². The first-order valence-corrected chi connectivity index (χ1v) is 7.89. The number of nitrogens with one attached hydrogen (secondary N) is 1. The summed E-state index contributed by atoms with van der Waals surface area (Å²) in [4.78, 5) is 13.5. The van der Waals surface area contributed by atoms with Crippen LogP contribution in [0.3, 0.4) is 0 Å². The Morgan fingerprint density at radius 1 is 1.55 bits per heavy atom.